The van der Waals surface area contributed by atoms with Gasteiger partial charge in [0.15, 0.2) is 5.75 Å². The molecule has 0 spiro atoms. The lowest BCUT2D eigenvalue weighted by Crippen LogP contribution is -2.44. The smallest absolute Gasteiger partial charge is 0.490 e. The summed E-state index contributed by atoms with van der Waals surface area (Å²) >= 11 is 0. The van der Waals surface area contributed by atoms with E-state index in [1.54, 1.807) is 12.1 Å². The second-order valence-electron chi connectivity index (χ2n) is 7.57. The van der Waals surface area contributed by atoms with Gasteiger partial charge in [0.2, 0.25) is 0 Å². The van der Waals surface area contributed by atoms with E-state index in [4.69, 9.17) is 14.6 Å². The molecule has 2 heterocycles. The maximum absolute atomic E-state index is 13.3. The van der Waals surface area contributed by atoms with Gasteiger partial charge < -0.3 is 25.2 Å². The Kier molecular flexibility index (Phi) is 7.46. The van der Waals surface area contributed by atoms with Crippen LogP contribution in [0.25, 0.3) is 0 Å². The summed E-state index contributed by atoms with van der Waals surface area (Å²) in [4.78, 5) is 11.0. The first-order valence-corrected chi connectivity index (χ1v) is 11.7. The predicted molar refractivity (Wildman–Crippen MR) is 118 cm³/mol. The maximum atomic E-state index is 13.3. The second-order valence-corrected chi connectivity index (χ2v) is 9.40. The summed E-state index contributed by atoms with van der Waals surface area (Å²) in [7, 11) is -3.90. The molecule has 186 valence electrons. The van der Waals surface area contributed by atoms with Crippen LogP contribution in [0.4, 0.5) is 24.5 Å². The molecule has 0 unspecified atom stereocenters. The zero-order chi connectivity index (χ0) is 25.1. The van der Waals surface area contributed by atoms with E-state index in [1.807, 2.05) is 19.1 Å². The number of nitrogens with zero attached hydrogens (tertiary/aromatic N) is 2. The Bertz CT molecular complexity index is 1150. The molecule has 0 aromatic heterocycles. The molecule has 3 N–H and O–H groups in total. The quantitative estimate of drug-likeness (QED) is 0.584. The van der Waals surface area contributed by atoms with Gasteiger partial charge in [0.25, 0.3) is 10.0 Å². The zero-order valence-electron chi connectivity index (χ0n) is 18.2. The molecule has 1 saturated heterocycles. The van der Waals surface area contributed by atoms with Crippen molar-refractivity contribution in [3.63, 3.8) is 0 Å². The minimum atomic E-state index is -5.08. The fourth-order valence-electron chi connectivity index (χ4n) is 3.60. The van der Waals surface area contributed by atoms with Crippen LogP contribution in [0.15, 0.2) is 41.3 Å². The van der Waals surface area contributed by atoms with Gasteiger partial charge in [-0.25, -0.2) is 13.2 Å². The highest BCUT2D eigenvalue weighted by Crippen LogP contribution is 2.44. The molecule has 0 bridgehead atoms. The molecular formula is C21H24F3N3O6S. The van der Waals surface area contributed by atoms with Crippen LogP contribution in [0.2, 0.25) is 0 Å². The first-order valence-electron chi connectivity index (χ1n) is 10.3. The molecule has 0 atom stereocenters. The van der Waals surface area contributed by atoms with Crippen molar-refractivity contribution in [3.8, 4) is 11.5 Å². The SMILES string of the molecule is Cc1cc(N2CCNCC2)c2c(c1)N(S(=O)(=O)c1ccccc1O)CCO2.O=C(O)C(F)(F)F. The number of para-hydroxylation sites is 1. The average Bonchev–Trinajstić information content (AvgIpc) is 2.78. The average molecular weight is 503 g/mol. The van der Waals surface area contributed by atoms with Crippen LogP contribution >= 0.6 is 0 Å². The van der Waals surface area contributed by atoms with Gasteiger partial charge in [-0.3, -0.25) is 4.31 Å². The lowest BCUT2D eigenvalue weighted by atomic mass is 10.1. The lowest BCUT2D eigenvalue weighted by molar-refractivity contribution is -0.192. The Labute approximate surface area is 194 Å². The molecule has 0 radical (unpaired) electrons. The van der Waals surface area contributed by atoms with Crippen LogP contribution in [0.3, 0.4) is 0 Å². The highest BCUT2D eigenvalue weighted by molar-refractivity contribution is 7.93. The van der Waals surface area contributed by atoms with Crippen molar-refractivity contribution in [1.29, 1.82) is 0 Å². The molecule has 9 nitrogen and oxygen atoms in total. The van der Waals surface area contributed by atoms with Crippen LogP contribution < -0.4 is 19.3 Å². The molecule has 2 aromatic rings. The number of phenols is 1. The number of benzene rings is 2. The number of aliphatic carboxylic acids is 1. The van der Waals surface area contributed by atoms with E-state index in [0.717, 1.165) is 37.4 Å². The largest absolute Gasteiger partial charge is 0.507 e. The minimum Gasteiger partial charge on any atom is -0.507 e. The summed E-state index contributed by atoms with van der Waals surface area (Å²) in [5, 5.41) is 20.5. The highest BCUT2D eigenvalue weighted by atomic mass is 32.2. The fourth-order valence-corrected chi connectivity index (χ4v) is 5.13. The molecular weight excluding hydrogens is 479 g/mol. The third-order valence-corrected chi connectivity index (χ3v) is 7.00. The number of phenolic OH excluding ortho intramolecular Hbond substituents is 1. The molecule has 0 saturated carbocycles. The molecule has 4 rings (SSSR count). The van der Waals surface area contributed by atoms with Crippen LogP contribution in [0.5, 0.6) is 11.5 Å². The fraction of sp³-hybridized carbons (Fsp3) is 0.381. The Balaban J connectivity index is 0.000000406. The molecule has 0 amide bonds. The van der Waals surface area contributed by atoms with Crippen LogP contribution in [0, 0.1) is 6.92 Å². The molecule has 2 aliphatic rings. The number of aromatic hydroxyl groups is 1. The van der Waals surface area contributed by atoms with Crippen molar-refractivity contribution in [1.82, 2.24) is 5.32 Å². The zero-order valence-corrected chi connectivity index (χ0v) is 19.0. The summed E-state index contributed by atoms with van der Waals surface area (Å²) in [6.45, 7) is 5.85. The van der Waals surface area contributed by atoms with Gasteiger partial charge in [-0.15, -0.1) is 0 Å². The van der Waals surface area contributed by atoms with Crippen molar-refractivity contribution in [2.24, 2.45) is 0 Å². The number of aryl methyl sites for hydroxylation is 1. The Morgan fingerprint density at radius 2 is 1.68 bits per heavy atom. The van der Waals surface area contributed by atoms with Crippen LogP contribution in [-0.2, 0) is 14.8 Å². The van der Waals surface area contributed by atoms with E-state index in [0.29, 0.717) is 11.4 Å². The number of carboxylic acids is 1. The third kappa shape index (κ3) is 5.47. The number of sulfonamides is 1. The second kappa shape index (κ2) is 9.97. The summed E-state index contributed by atoms with van der Waals surface area (Å²) in [5.74, 6) is -2.42. The van der Waals surface area contributed by atoms with Crippen molar-refractivity contribution in [2.45, 2.75) is 18.0 Å². The standard InChI is InChI=1S/C19H23N3O4S.C2HF3O2/c1-14-12-15(21-8-6-20-7-9-21)19-16(13-14)22(10-11-26-19)27(24,25)18-5-3-2-4-17(18)23;3-2(4,5)1(6)7/h2-5,12-13,20,23H,6-11H2,1H3;(H,6,7). The number of ether oxygens (including phenoxy) is 1. The normalized spacial score (nSPS) is 16.1. The number of halogens is 3. The van der Waals surface area contributed by atoms with E-state index in [9.17, 15) is 26.7 Å². The number of carbonyl (C=O) groups is 1. The van der Waals surface area contributed by atoms with E-state index in [2.05, 4.69) is 10.2 Å². The van der Waals surface area contributed by atoms with Crippen molar-refractivity contribution < 1.29 is 41.3 Å². The molecule has 2 aromatic carbocycles. The summed E-state index contributed by atoms with van der Waals surface area (Å²) in [5.41, 5.74) is 2.41. The number of alkyl halides is 3. The predicted octanol–water partition coefficient (Wildman–Crippen LogP) is 2.33. The molecule has 1 fully saturated rings. The van der Waals surface area contributed by atoms with Gasteiger partial charge in [-0.05, 0) is 36.8 Å². The van der Waals surface area contributed by atoms with Gasteiger partial charge in [-0.2, -0.15) is 13.2 Å². The topological polar surface area (TPSA) is 119 Å². The number of carboxylic acid groups (broad SMARTS) is 1. The third-order valence-electron chi connectivity index (χ3n) is 5.14. The van der Waals surface area contributed by atoms with Crippen molar-refractivity contribution in [3.05, 3.63) is 42.0 Å². The summed E-state index contributed by atoms with van der Waals surface area (Å²) in [6, 6.07) is 9.89. The molecule has 2 aliphatic heterocycles. The summed E-state index contributed by atoms with van der Waals surface area (Å²) in [6.07, 6.45) is -5.08. The first-order chi connectivity index (χ1) is 15.9. The monoisotopic (exact) mass is 503 g/mol. The van der Waals surface area contributed by atoms with Gasteiger partial charge in [0.05, 0.1) is 17.9 Å². The minimum absolute atomic E-state index is 0.0944. The molecule has 34 heavy (non-hydrogen) atoms. The van der Waals surface area contributed by atoms with Gasteiger partial charge in [-0.1, -0.05) is 12.1 Å². The maximum Gasteiger partial charge on any atom is 0.490 e. The van der Waals surface area contributed by atoms with Crippen molar-refractivity contribution >= 4 is 27.4 Å². The van der Waals surface area contributed by atoms with Crippen LogP contribution in [-0.4, -0.2) is 70.1 Å². The number of anilines is 2. The summed E-state index contributed by atoms with van der Waals surface area (Å²) < 4.78 is 65.5. The van der Waals surface area contributed by atoms with E-state index >= 15 is 0 Å². The number of piperazine rings is 1. The lowest BCUT2D eigenvalue weighted by Gasteiger charge is -2.36. The van der Waals surface area contributed by atoms with Crippen LogP contribution in [0.1, 0.15) is 5.56 Å². The molecule has 13 heteroatoms. The first kappa shape index (κ1) is 25.4. The number of hydrogen-bond acceptors (Lipinski definition) is 7. The van der Waals surface area contributed by atoms with E-state index in [-0.39, 0.29) is 23.8 Å². The number of rotatable bonds is 3. The number of hydrogen-bond donors (Lipinski definition) is 3. The van der Waals surface area contributed by atoms with Gasteiger partial charge in [0, 0.05) is 26.2 Å². The molecule has 0 aliphatic carbocycles. The van der Waals surface area contributed by atoms with Gasteiger partial charge in [0.1, 0.15) is 17.3 Å². The van der Waals surface area contributed by atoms with E-state index in [1.165, 1.54) is 16.4 Å². The Morgan fingerprint density at radius 3 is 2.26 bits per heavy atom. The number of nitrogens with one attached hydrogen (secondary N) is 1. The van der Waals surface area contributed by atoms with Gasteiger partial charge >= 0.3 is 12.1 Å². The Morgan fingerprint density at radius 1 is 1.09 bits per heavy atom. The highest BCUT2D eigenvalue weighted by Gasteiger charge is 2.38. The Hall–Kier alpha value is -3.19. The number of fused-ring (bicyclic) bond motifs is 1. The van der Waals surface area contributed by atoms with Crippen molar-refractivity contribution in [2.75, 3.05) is 48.5 Å². The van der Waals surface area contributed by atoms with E-state index < -0.39 is 22.2 Å².